The molecule has 0 aromatic heterocycles. The molecule has 0 bridgehead atoms. The van der Waals surface area contributed by atoms with Crippen LogP contribution in [0, 0.1) is 0 Å². The Hall–Kier alpha value is -1.37. The third kappa shape index (κ3) is 3.04. The molecule has 0 aliphatic carbocycles. The molecular weight excluding hydrogens is 305 g/mol. The largest absolute Gasteiger partial charge is 1.00 e. The van der Waals surface area contributed by atoms with Crippen LogP contribution in [0.5, 0.6) is 0 Å². The molecule has 104 valence electrons. The Bertz CT molecular complexity index is 933. The summed E-state index contributed by atoms with van der Waals surface area (Å²) in [6.07, 6.45) is -2.08. The van der Waals surface area contributed by atoms with E-state index >= 15 is 0 Å². The van der Waals surface area contributed by atoms with Crippen LogP contribution in [-0.2, 0) is 0 Å². The summed E-state index contributed by atoms with van der Waals surface area (Å²) < 4.78 is 0. The summed E-state index contributed by atoms with van der Waals surface area (Å²) in [6.45, 7) is 0. The van der Waals surface area contributed by atoms with E-state index in [9.17, 15) is 0 Å². The fourth-order valence-corrected chi connectivity index (χ4v) is 2.76. The fraction of sp³-hybridized carbons (Fsp3) is 0. The molecule has 4 rings (SSSR count). The Morgan fingerprint density at radius 2 is 1.32 bits per heavy atom. The van der Waals surface area contributed by atoms with Crippen molar-refractivity contribution < 1.29 is 66.4 Å². The van der Waals surface area contributed by atoms with E-state index in [2.05, 4.69) is 48.5 Å². The third-order valence-electron chi connectivity index (χ3n) is 3.56. The van der Waals surface area contributed by atoms with Crippen LogP contribution >= 0.6 is 0 Å². The van der Waals surface area contributed by atoms with Gasteiger partial charge in [0.25, 0.3) is 0 Å². The van der Waals surface area contributed by atoms with Crippen molar-refractivity contribution in [3.63, 3.8) is 0 Å². The van der Waals surface area contributed by atoms with E-state index in [0.717, 1.165) is 11.1 Å². The zero-order valence-corrected chi connectivity index (χ0v) is 15.2. The van der Waals surface area contributed by atoms with Gasteiger partial charge in [0.05, 0.1) is 0 Å². The first-order valence-electron chi connectivity index (χ1n) is 6.40. The van der Waals surface area contributed by atoms with Crippen molar-refractivity contribution in [2.45, 2.75) is 0 Å². The van der Waals surface area contributed by atoms with E-state index in [-0.39, 0.29) is 51.4 Å². The van der Waals surface area contributed by atoms with E-state index in [1.54, 1.807) is 0 Å². The van der Waals surface area contributed by atoms with Crippen LogP contribution in [-0.4, -0.2) is 11.3 Å². The maximum atomic E-state index is 8.44. The molecule has 0 aliphatic rings. The number of carboxylic acid groups (broad SMARTS) is 2. The van der Waals surface area contributed by atoms with Crippen molar-refractivity contribution in [2.24, 2.45) is 0 Å². The first-order valence-corrected chi connectivity index (χ1v) is 6.40. The fourth-order valence-electron chi connectivity index (χ4n) is 2.76. The summed E-state index contributed by atoms with van der Waals surface area (Å²) in [4.78, 5) is 8.44. The van der Waals surface area contributed by atoms with Crippen LogP contribution in [0.2, 0.25) is 0 Å². The quantitative estimate of drug-likeness (QED) is 0.273. The Kier molecular flexibility index (Phi) is 5.26. The summed E-state index contributed by atoms with van der Waals surface area (Å²) in [5.41, 5.74) is 6.92. The van der Waals surface area contributed by atoms with Crippen LogP contribution < -0.4 is 62.2 Å². The molecule has 22 heavy (non-hydrogen) atoms. The van der Waals surface area contributed by atoms with E-state index < -0.39 is 6.16 Å². The Labute approximate surface area is 169 Å². The van der Waals surface area contributed by atoms with Gasteiger partial charge in [-0.05, 0) is 33.0 Å². The minimum Gasteiger partial charge on any atom is -0.565 e. The number of hydrogen-bond acceptors (Lipinski definition) is 3. The van der Waals surface area contributed by atoms with Crippen molar-refractivity contribution in [2.75, 3.05) is 5.73 Å². The number of nitrogens with two attached hydrogens (primary N) is 1. The predicted octanol–water partition coefficient (Wildman–Crippen LogP) is 0.0579. The molecule has 0 atom stereocenters. The minimum absolute atomic E-state index is 0. The summed E-state index contributed by atoms with van der Waals surface area (Å²) in [7, 11) is 0. The van der Waals surface area contributed by atoms with Crippen LogP contribution in [0.15, 0.2) is 54.6 Å². The standard InChI is InChI=1S/C16H11N.CH2O3.K/c17-14-9-7-12-5-4-10-2-1-3-11-6-8-13(14)16(12)15(10)11;2-1(3)4;/h1-9H,17H2;(H2,2,3,4);/q;;+1/p-1. The summed E-state index contributed by atoms with van der Waals surface area (Å²) in [5, 5.41) is 22.9. The zero-order chi connectivity index (χ0) is 15.0. The number of anilines is 1. The van der Waals surface area contributed by atoms with E-state index in [1.807, 2.05) is 6.07 Å². The van der Waals surface area contributed by atoms with Gasteiger partial charge in [0.1, 0.15) is 0 Å². The normalized spacial score (nSPS) is 10.2. The molecule has 0 saturated carbocycles. The molecule has 0 aliphatic heterocycles. The van der Waals surface area contributed by atoms with Gasteiger partial charge in [-0.2, -0.15) is 0 Å². The van der Waals surface area contributed by atoms with Crippen molar-refractivity contribution in [1.82, 2.24) is 0 Å². The maximum Gasteiger partial charge on any atom is 1.00 e. The van der Waals surface area contributed by atoms with Gasteiger partial charge in [-0.3, -0.25) is 0 Å². The molecule has 0 spiro atoms. The second-order valence-electron chi connectivity index (χ2n) is 4.78. The third-order valence-corrected chi connectivity index (χ3v) is 3.56. The maximum absolute atomic E-state index is 8.44. The smallest absolute Gasteiger partial charge is 0.565 e. The van der Waals surface area contributed by atoms with Crippen molar-refractivity contribution in [3.8, 4) is 0 Å². The van der Waals surface area contributed by atoms with Crippen molar-refractivity contribution in [1.29, 1.82) is 0 Å². The summed E-state index contributed by atoms with van der Waals surface area (Å²) >= 11 is 0. The van der Waals surface area contributed by atoms with Crippen LogP contribution in [0.3, 0.4) is 0 Å². The van der Waals surface area contributed by atoms with Gasteiger partial charge in [0.15, 0.2) is 0 Å². The Morgan fingerprint density at radius 1 is 0.864 bits per heavy atom. The Balaban J connectivity index is 0.000000319. The molecule has 0 saturated heterocycles. The van der Waals surface area contributed by atoms with E-state index in [1.165, 1.54) is 26.9 Å². The average molecular weight is 317 g/mol. The first-order chi connectivity index (χ1) is 10.1. The van der Waals surface area contributed by atoms with E-state index in [0.29, 0.717) is 0 Å². The molecule has 0 radical (unpaired) electrons. The van der Waals surface area contributed by atoms with Gasteiger partial charge in [-0.25, -0.2) is 0 Å². The van der Waals surface area contributed by atoms with Gasteiger partial charge in [0, 0.05) is 11.1 Å². The van der Waals surface area contributed by atoms with Crippen LogP contribution in [0.4, 0.5) is 10.5 Å². The van der Waals surface area contributed by atoms with Crippen LogP contribution in [0.25, 0.3) is 32.3 Å². The summed E-state index contributed by atoms with van der Waals surface area (Å²) in [6, 6.07) is 19.1. The van der Waals surface area contributed by atoms with E-state index in [4.69, 9.17) is 20.7 Å². The number of benzene rings is 4. The molecule has 4 aromatic rings. The van der Waals surface area contributed by atoms with Crippen LogP contribution in [0.1, 0.15) is 0 Å². The number of carbonyl (C=O) groups is 1. The SMILES string of the molecule is Nc1ccc2ccc3cccc4ccc1c2c34.O=C([O-])O.[K+]. The first kappa shape index (κ1) is 17.0. The van der Waals surface area contributed by atoms with Gasteiger partial charge >= 0.3 is 51.4 Å². The molecule has 0 fully saturated rings. The molecule has 5 heteroatoms. The molecule has 4 nitrogen and oxygen atoms in total. The van der Waals surface area contributed by atoms with Gasteiger partial charge in [0.2, 0.25) is 6.16 Å². The van der Waals surface area contributed by atoms with Gasteiger partial charge in [-0.1, -0.05) is 48.5 Å². The second-order valence-corrected chi connectivity index (χ2v) is 4.78. The monoisotopic (exact) mass is 317 g/mol. The van der Waals surface area contributed by atoms with Gasteiger partial charge < -0.3 is 20.7 Å². The van der Waals surface area contributed by atoms with Crippen molar-refractivity contribution >= 4 is 44.2 Å². The van der Waals surface area contributed by atoms with Gasteiger partial charge in [-0.15, -0.1) is 0 Å². The molecule has 4 aromatic carbocycles. The van der Waals surface area contributed by atoms with Crippen molar-refractivity contribution in [3.05, 3.63) is 54.6 Å². The molecule has 3 N–H and O–H groups in total. The molecule has 0 unspecified atom stereocenters. The zero-order valence-electron chi connectivity index (χ0n) is 12.0. The second kappa shape index (κ2) is 6.81. The minimum atomic E-state index is -2.08. The molecular formula is C17H12KNO3. The number of hydrogen-bond donors (Lipinski definition) is 2. The molecule has 0 amide bonds. The predicted molar refractivity (Wildman–Crippen MR) is 82.6 cm³/mol. The molecule has 0 heterocycles. The number of nitrogen functional groups attached to an aromatic ring is 1. The topological polar surface area (TPSA) is 86.4 Å². The Morgan fingerprint density at radius 3 is 1.91 bits per heavy atom. The average Bonchev–Trinajstić information content (AvgIpc) is 2.46. The summed E-state index contributed by atoms with van der Waals surface area (Å²) in [5.74, 6) is 0. The number of rotatable bonds is 0.